The SMILES string of the molecule is CC.CC.CC.CC.CC.CC.CC.CC.CC.CC(C)C.CC(C)C.CC(C)C.O=C(Nc1ccccc1NC(=O)c1ccccc1O)c1ccccc1.O=C1c2ccccc2OC23N1c1ccccc1N2C(=O)c1cccc[n+]13.O=C1c2ccccc2OC23Oc4ccccc4C(=O)N2c2ccccc2N13. The summed E-state index contributed by atoms with van der Waals surface area (Å²) in [4.78, 5) is 84.0. The highest BCUT2D eigenvalue weighted by molar-refractivity contribution is 6.21. The van der Waals surface area contributed by atoms with Gasteiger partial charge in [0.05, 0.1) is 56.4 Å². The van der Waals surface area contributed by atoms with Crippen molar-refractivity contribution in [2.75, 3.05) is 30.2 Å². The van der Waals surface area contributed by atoms with E-state index >= 15 is 0 Å². The maximum Gasteiger partial charge on any atom is 0.510 e. The summed E-state index contributed by atoms with van der Waals surface area (Å²) in [5, 5.41) is 15.3. The quantitative estimate of drug-likeness (QED) is 0.143. The molecule has 2 spiro atoms. The van der Waals surface area contributed by atoms with E-state index in [9.17, 15) is 33.9 Å². The highest BCUT2D eigenvalue weighted by Gasteiger charge is 2.74. The van der Waals surface area contributed by atoms with Crippen LogP contribution in [-0.4, -0.2) is 46.6 Å². The minimum atomic E-state index is -1.71. The van der Waals surface area contributed by atoms with Gasteiger partial charge in [0.1, 0.15) is 23.0 Å². The fourth-order valence-corrected chi connectivity index (χ4v) is 10.3. The lowest BCUT2D eigenvalue weighted by Gasteiger charge is -2.46. The van der Waals surface area contributed by atoms with Crippen LogP contribution in [0.5, 0.6) is 23.0 Å². The number of fused-ring (bicyclic) bond motifs is 10. The van der Waals surface area contributed by atoms with E-state index in [-0.39, 0.29) is 40.8 Å². The molecule has 0 bridgehead atoms. The van der Waals surface area contributed by atoms with Crippen molar-refractivity contribution in [1.82, 2.24) is 0 Å². The van der Waals surface area contributed by atoms with Gasteiger partial charge in [-0.15, -0.1) is 4.57 Å². The third kappa shape index (κ3) is 22.3. The zero-order chi connectivity index (χ0) is 82.0. The molecule has 9 aromatic rings. The van der Waals surface area contributed by atoms with Crippen molar-refractivity contribution in [2.24, 2.45) is 17.8 Å². The highest BCUT2D eigenvalue weighted by Crippen LogP contribution is 2.55. The molecule has 6 amide bonds. The number of nitrogens with one attached hydrogen (secondary N) is 2. The fourth-order valence-electron chi connectivity index (χ4n) is 10.3. The number of benzene rings is 8. The minimum Gasteiger partial charge on any atom is -0.507 e. The Balaban J connectivity index is 0.000000686. The number of carbonyl (C=O) groups is 6. The van der Waals surface area contributed by atoms with Gasteiger partial charge in [-0.1, -0.05) is 290 Å². The van der Waals surface area contributed by atoms with Gasteiger partial charge in [-0.2, -0.15) is 9.80 Å². The maximum absolute atomic E-state index is 13.4. The molecule has 0 aliphatic carbocycles. The van der Waals surface area contributed by atoms with Crippen molar-refractivity contribution in [1.29, 1.82) is 0 Å². The second-order valence-electron chi connectivity index (χ2n) is 23.4. The monoisotopic (exact) mass is 1470 g/mol. The van der Waals surface area contributed by atoms with E-state index in [2.05, 4.69) is 72.9 Å². The third-order valence-corrected chi connectivity index (χ3v) is 13.8. The van der Waals surface area contributed by atoms with E-state index in [0.717, 1.165) is 17.8 Å². The van der Waals surface area contributed by atoms with Gasteiger partial charge in [-0.25, -0.2) is 9.80 Å². The Hall–Kier alpha value is -11.1. The molecular weight excluding hydrogens is 1350 g/mol. The predicted octanol–water partition coefficient (Wildman–Crippen LogP) is 23.8. The second-order valence-corrected chi connectivity index (χ2v) is 23.4. The number of hydrogen-bond acceptors (Lipinski definition) is 10. The van der Waals surface area contributed by atoms with Crippen LogP contribution < -0.4 is 49.0 Å². The van der Waals surface area contributed by atoms with Crippen LogP contribution in [0.15, 0.2) is 225 Å². The average Bonchev–Trinajstić information content (AvgIpc) is 1.51. The lowest BCUT2D eigenvalue weighted by Crippen LogP contribution is -2.74. The summed E-state index contributed by atoms with van der Waals surface area (Å²) < 4.78 is 20.5. The number of hydrogen-bond donors (Lipinski definition) is 3. The largest absolute Gasteiger partial charge is 0.510 e. The molecule has 108 heavy (non-hydrogen) atoms. The molecule has 0 fully saturated rings. The van der Waals surface area contributed by atoms with E-state index in [1.165, 1.54) is 21.9 Å². The van der Waals surface area contributed by atoms with E-state index in [0.29, 0.717) is 79.3 Å². The van der Waals surface area contributed by atoms with Gasteiger partial charge in [-0.05, 0) is 121 Å². The second kappa shape index (κ2) is 48.9. The summed E-state index contributed by atoms with van der Waals surface area (Å²) >= 11 is 0. The summed E-state index contributed by atoms with van der Waals surface area (Å²) in [5.74, 6) is 0.540. The fraction of sp³-hybridized carbons (Fsp3) is 0.352. The van der Waals surface area contributed by atoms with Crippen LogP contribution in [0, 0.1) is 17.8 Å². The molecule has 3 N–H and O–H groups in total. The van der Waals surface area contributed by atoms with Crippen molar-refractivity contribution in [3.8, 4) is 23.0 Å². The Morgan fingerprint density at radius 3 is 1.04 bits per heavy atom. The number of ether oxygens (including phenoxy) is 3. The van der Waals surface area contributed by atoms with Crippen LogP contribution >= 0.6 is 0 Å². The molecule has 6 aliphatic heterocycles. The smallest absolute Gasteiger partial charge is 0.507 e. The molecule has 1 unspecified atom stereocenters. The Kier molecular flexibility index (Phi) is 43.0. The van der Waals surface area contributed by atoms with Crippen molar-refractivity contribution in [3.63, 3.8) is 0 Å². The van der Waals surface area contributed by atoms with Crippen molar-refractivity contribution < 1.29 is 52.7 Å². The normalized spacial score (nSPS) is 13.5. The number of rotatable bonds is 4. The van der Waals surface area contributed by atoms with Crippen LogP contribution in [0.3, 0.4) is 0 Å². The Morgan fingerprint density at radius 1 is 0.343 bits per heavy atom. The number of para-hydroxylation sites is 10. The predicted molar refractivity (Wildman–Crippen MR) is 449 cm³/mol. The summed E-state index contributed by atoms with van der Waals surface area (Å²) in [5.41, 5.74) is 5.84. The summed E-state index contributed by atoms with van der Waals surface area (Å²) in [6, 6.07) is 61.2. The summed E-state index contributed by atoms with van der Waals surface area (Å²) in [6.07, 6.45) is 1.77. The van der Waals surface area contributed by atoms with E-state index in [4.69, 9.17) is 14.2 Å². The van der Waals surface area contributed by atoms with Crippen molar-refractivity contribution >= 4 is 69.6 Å². The number of aromatic hydroxyl groups is 1. The third-order valence-electron chi connectivity index (χ3n) is 13.8. The first-order chi connectivity index (χ1) is 52.3. The van der Waals surface area contributed by atoms with Crippen LogP contribution in [0.4, 0.5) is 34.1 Å². The molecule has 0 saturated heterocycles. The Morgan fingerprint density at radius 2 is 0.639 bits per heavy atom. The first-order valence-electron chi connectivity index (χ1n) is 38.7. The van der Waals surface area contributed by atoms with Gasteiger partial charge in [0.25, 0.3) is 35.2 Å². The van der Waals surface area contributed by atoms with E-state index < -0.39 is 17.9 Å². The Bertz CT molecular complexity index is 4080. The summed E-state index contributed by atoms with van der Waals surface area (Å²) in [6.45, 7) is 55.5. The first-order valence-corrected chi connectivity index (χ1v) is 38.7. The van der Waals surface area contributed by atoms with Crippen molar-refractivity contribution in [2.45, 2.75) is 199 Å². The molecule has 17 heteroatoms. The first kappa shape index (κ1) is 94.9. The number of aromatic nitrogens is 1. The molecule has 582 valence electrons. The topological polar surface area (TPSA) is 191 Å². The average molecular weight is 1480 g/mol. The van der Waals surface area contributed by atoms with Crippen LogP contribution in [-0.2, 0) is 5.97 Å². The summed E-state index contributed by atoms with van der Waals surface area (Å²) in [7, 11) is 0. The number of pyridine rings is 1. The van der Waals surface area contributed by atoms with Gasteiger partial charge in [0, 0.05) is 17.7 Å². The van der Waals surface area contributed by atoms with Crippen LogP contribution in [0.1, 0.15) is 249 Å². The van der Waals surface area contributed by atoms with Gasteiger partial charge >= 0.3 is 17.9 Å². The number of nitrogens with zero attached hydrogens (tertiary/aromatic N) is 5. The van der Waals surface area contributed by atoms with Gasteiger partial charge < -0.3 is 30.0 Å². The number of amides is 6. The highest BCUT2D eigenvalue weighted by atomic mass is 16.8. The van der Waals surface area contributed by atoms with Gasteiger partial charge in [0.2, 0.25) is 0 Å². The number of phenols is 1. The maximum atomic E-state index is 13.4. The van der Waals surface area contributed by atoms with Gasteiger partial charge in [-0.3, -0.25) is 28.8 Å². The molecule has 15 rings (SSSR count). The minimum absolute atomic E-state index is 0.106. The lowest BCUT2D eigenvalue weighted by atomic mass is 10.1. The molecule has 0 saturated carbocycles. The molecule has 1 aromatic heterocycles. The molecule has 8 aromatic carbocycles. The number of anilines is 6. The lowest BCUT2D eigenvalue weighted by molar-refractivity contribution is -0.788. The molecule has 17 nitrogen and oxygen atoms in total. The molecular formula is C91H124N7O10+. The van der Waals surface area contributed by atoms with E-state index in [1.807, 2.05) is 179 Å². The zero-order valence-corrected chi connectivity index (χ0v) is 69.5. The molecule has 0 radical (unpaired) electrons. The number of phenolic OH excluding ortho intramolecular Hbond substituents is 1. The zero-order valence-electron chi connectivity index (χ0n) is 69.5. The molecule has 7 heterocycles. The van der Waals surface area contributed by atoms with E-state index in [1.54, 1.807) is 172 Å². The van der Waals surface area contributed by atoms with Crippen LogP contribution in [0.2, 0.25) is 0 Å². The molecule has 6 aliphatic rings. The number of carbonyl (C=O) groups excluding carboxylic acids is 6. The van der Waals surface area contributed by atoms with Crippen LogP contribution in [0.25, 0.3) is 0 Å². The molecule has 1 atom stereocenters. The van der Waals surface area contributed by atoms with Crippen molar-refractivity contribution in [3.05, 3.63) is 258 Å². The van der Waals surface area contributed by atoms with Gasteiger partial charge in [0.15, 0.2) is 6.20 Å². The standard InChI is InChI=1S/C21H12N2O4.C20H12N3O3.C20H16N2O3.3C4H10.9C2H6/c24-19-13-7-1-5-11-17(13)26-21-22(19)15-9-3-4-10-16(15)23(21)20(25)14-8-2-6-12-18(14)27-21;24-18-13-7-1-4-11-17(13)26-20-21-12-6-5-10-16(21)19(25)23(20)15-9-3-2-8-14(15)22(18)20;23-18-13-7-4-10-15(18)20(25)22-17-12-6-5-11-16(17)21-19(24)14-8-2-1-3-9-14;3*1-4(2)3;9*1-2/h1-12H;1-12H;1-13,23H,(H,21,24)(H,22,25);3*4H,1-3H3;9*1-2H3/q;+1;;;;;;;;;;;;;. The Labute approximate surface area is 646 Å².